The number of nitrogens with one attached hydrogen (secondary N) is 3. The van der Waals surface area contributed by atoms with E-state index in [0.29, 0.717) is 17.8 Å². The summed E-state index contributed by atoms with van der Waals surface area (Å²) in [5.74, 6) is -0.557. The number of benzene rings is 2. The average Bonchev–Trinajstić information content (AvgIpc) is 3.09. The summed E-state index contributed by atoms with van der Waals surface area (Å²) in [5.41, 5.74) is 3.23. The van der Waals surface area contributed by atoms with Crippen LogP contribution in [0.3, 0.4) is 0 Å². The molecule has 6 heteroatoms. The van der Waals surface area contributed by atoms with Crippen LogP contribution in [0.5, 0.6) is 0 Å². The van der Waals surface area contributed by atoms with E-state index in [1.54, 1.807) is 24.3 Å². The molecule has 1 aromatic heterocycles. The van der Waals surface area contributed by atoms with Crippen LogP contribution in [0.15, 0.2) is 54.7 Å². The van der Waals surface area contributed by atoms with Crippen molar-refractivity contribution in [2.75, 3.05) is 11.2 Å². The maximum absolute atomic E-state index is 12.3. The van der Waals surface area contributed by atoms with Crippen LogP contribution in [0, 0.1) is 0 Å². The minimum Gasteiger partial charge on any atom is -0.361 e. The third-order valence-corrected chi connectivity index (χ3v) is 3.92. The summed E-state index contributed by atoms with van der Waals surface area (Å²) in [6.45, 7) is 0.443. The fourth-order valence-corrected chi connectivity index (χ4v) is 2.55. The topological polar surface area (TPSA) is 74.0 Å². The molecular formula is C18H16ClN3O2. The van der Waals surface area contributed by atoms with Crippen LogP contribution in [0.1, 0.15) is 15.9 Å². The van der Waals surface area contributed by atoms with E-state index in [1.165, 1.54) is 0 Å². The number of halogens is 1. The summed E-state index contributed by atoms with van der Waals surface area (Å²) >= 11 is 5.44. The molecule has 122 valence electrons. The summed E-state index contributed by atoms with van der Waals surface area (Å²) in [6.07, 6.45) is 1.88. The molecule has 0 atom stereocenters. The molecule has 2 aromatic carbocycles. The maximum Gasteiger partial charge on any atom is 0.251 e. The van der Waals surface area contributed by atoms with Crippen molar-refractivity contribution in [3.8, 4) is 0 Å². The maximum atomic E-state index is 12.3. The van der Waals surface area contributed by atoms with E-state index in [-0.39, 0.29) is 17.7 Å². The van der Waals surface area contributed by atoms with Gasteiger partial charge in [-0.2, -0.15) is 0 Å². The van der Waals surface area contributed by atoms with Gasteiger partial charge in [0.25, 0.3) is 5.91 Å². The van der Waals surface area contributed by atoms with E-state index in [4.69, 9.17) is 11.6 Å². The molecule has 2 amide bonds. The Hall–Kier alpha value is -2.79. The minimum absolute atomic E-state index is 0.104. The van der Waals surface area contributed by atoms with Gasteiger partial charge in [-0.15, -0.1) is 11.6 Å². The molecule has 0 spiro atoms. The van der Waals surface area contributed by atoms with E-state index in [1.807, 2.05) is 30.5 Å². The molecule has 0 saturated carbocycles. The number of anilines is 1. The molecule has 3 N–H and O–H groups in total. The van der Waals surface area contributed by atoms with E-state index >= 15 is 0 Å². The molecular weight excluding hydrogens is 326 g/mol. The van der Waals surface area contributed by atoms with Gasteiger partial charge in [0.2, 0.25) is 5.91 Å². The van der Waals surface area contributed by atoms with Gasteiger partial charge < -0.3 is 15.6 Å². The Morgan fingerprint density at radius 3 is 2.58 bits per heavy atom. The lowest BCUT2D eigenvalue weighted by molar-refractivity contribution is -0.113. The van der Waals surface area contributed by atoms with Crippen LogP contribution in [-0.4, -0.2) is 22.7 Å². The van der Waals surface area contributed by atoms with Crippen molar-refractivity contribution in [3.05, 3.63) is 65.9 Å². The number of aromatic amines is 1. The van der Waals surface area contributed by atoms with Gasteiger partial charge in [0.15, 0.2) is 0 Å². The highest BCUT2D eigenvalue weighted by Gasteiger charge is 2.08. The average molecular weight is 342 g/mol. The smallest absolute Gasteiger partial charge is 0.251 e. The van der Waals surface area contributed by atoms with E-state index in [2.05, 4.69) is 15.6 Å². The van der Waals surface area contributed by atoms with Crippen LogP contribution < -0.4 is 10.6 Å². The van der Waals surface area contributed by atoms with E-state index in [9.17, 15) is 9.59 Å². The number of carbonyl (C=O) groups is 2. The first-order chi connectivity index (χ1) is 11.7. The number of hydrogen-bond acceptors (Lipinski definition) is 2. The van der Waals surface area contributed by atoms with E-state index in [0.717, 1.165) is 16.5 Å². The summed E-state index contributed by atoms with van der Waals surface area (Å²) in [7, 11) is 0. The molecule has 0 aliphatic carbocycles. The van der Waals surface area contributed by atoms with Crippen molar-refractivity contribution >= 4 is 40.0 Å². The quantitative estimate of drug-likeness (QED) is 0.623. The number of fused-ring (bicyclic) bond motifs is 1. The lowest BCUT2D eigenvalue weighted by Gasteiger charge is -2.08. The largest absolute Gasteiger partial charge is 0.361 e. The molecule has 5 nitrogen and oxygen atoms in total. The SMILES string of the molecule is O=C(CCl)Nc1ccc(C(=O)NCc2cccc3[nH]ccc23)cc1. The molecule has 0 unspecified atom stereocenters. The van der Waals surface area contributed by atoms with Crippen LogP contribution in [0.4, 0.5) is 5.69 Å². The zero-order valence-corrected chi connectivity index (χ0v) is 13.6. The number of carbonyl (C=O) groups excluding carboxylic acids is 2. The van der Waals surface area contributed by atoms with Crippen LogP contribution in [0.2, 0.25) is 0 Å². The Labute approximate surface area is 144 Å². The fraction of sp³-hybridized carbons (Fsp3) is 0.111. The van der Waals surface area contributed by atoms with Crippen molar-refractivity contribution in [3.63, 3.8) is 0 Å². The van der Waals surface area contributed by atoms with Crippen LogP contribution in [-0.2, 0) is 11.3 Å². The molecule has 0 radical (unpaired) electrons. The standard InChI is InChI=1S/C18H16ClN3O2/c19-10-17(23)22-14-6-4-12(5-7-14)18(24)21-11-13-2-1-3-16-15(13)8-9-20-16/h1-9,20H,10-11H2,(H,21,24)(H,22,23). The van der Waals surface area contributed by atoms with Crippen molar-refractivity contribution in [2.24, 2.45) is 0 Å². The Morgan fingerprint density at radius 2 is 1.83 bits per heavy atom. The lowest BCUT2D eigenvalue weighted by atomic mass is 10.1. The molecule has 0 aliphatic rings. The molecule has 0 bridgehead atoms. The Morgan fingerprint density at radius 1 is 1.04 bits per heavy atom. The molecule has 3 rings (SSSR count). The highest BCUT2D eigenvalue weighted by molar-refractivity contribution is 6.29. The van der Waals surface area contributed by atoms with Gasteiger partial charge >= 0.3 is 0 Å². The van der Waals surface area contributed by atoms with Gasteiger partial charge in [0.05, 0.1) is 0 Å². The highest BCUT2D eigenvalue weighted by atomic mass is 35.5. The van der Waals surface area contributed by atoms with E-state index < -0.39 is 0 Å². The second-order valence-electron chi connectivity index (χ2n) is 5.30. The highest BCUT2D eigenvalue weighted by Crippen LogP contribution is 2.17. The first kappa shape index (κ1) is 16.1. The molecule has 24 heavy (non-hydrogen) atoms. The number of H-pyrrole nitrogens is 1. The summed E-state index contributed by atoms with van der Waals surface area (Å²) in [6, 6.07) is 14.6. The Balaban J connectivity index is 1.64. The van der Waals surface area contributed by atoms with Gasteiger partial charge in [-0.1, -0.05) is 12.1 Å². The number of hydrogen-bond donors (Lipinski definition) is 3. The van der Waals surface area contributed by atoms with Crippen molar-refractivity contribution < 1.29 is 9.59 Å². The van der Waals surface area contributed by atoms with Gasteiger partial charge in [-0.05, 0) is 42.0 Å². The molecule has 0 aliphatic heterocycles. The molecule has 0 saturated heterocycles. The van der Waals surface area contributed by atoms with Gasteiger partial charge in [0, 0.05) is 34.9 Å². The minimum atomic E-state index is -0.284. The van der Waals surface area contributed by atoms with Gasteiger partial charge in [-0.3, -0.25) is 9.59 Å². The third kappa shape index (κ3) is 3.58. The third-order valence-electron chi connectivity index (χ3n) is 3.68. The van der Waals surface area contributed by atoms with Crippen LogP contribution in [0.25, 0.3) is 10.9 Å². The molecule has 0 fully saturated rings. The number of alkyl halides is 1. The van der Waals surface area contributed by atoms with Crippen molar-refractivity contribution in [1.82, 2.24) is 10.3 Å². The van der Waals surface area contributed by atoms with Crippen molar-refractivity contribution in [1.29, 1.82) is 0 Å². The monoisotopic (exact) mass is 341 g/mol. The summed E-state index contributed by atoms with van der Waals surface area (Å²) < 4.78 is 0. The van der Waals surface area contributed by atoms with Gasteiger partial charge in [0.1, 0.15) is 5.88 Å². The second kappa shape index (κ2) is 7.19. The number of rotatable bonds is 5. The number of amides is 2. The first-order valence-corrected chi connectivity index (χ1v) is 8.00. The predicted molar refractivity (Wildman–Crippen MR) is 95.3 cm³/mol. The predicted octanol–water partition coefficient (Wildman–Crippen LogP) is 3.28. The Kier molecular flexibility index (Phi) is 4.82. The Bertz CT molecular complexity index is 871. The molecule has 3 aromatic rings. The second-order valence-corrected chi connectivity index (χ2v) is 5.57. The summed E-state index contributed by atoms with van der Waals surface area (Å²) in [4.78, 5) is 26.6. The fourth-order valence-electron chi connectivity index (χ4n) is 2.48. The summed E-state index contributed by atoms with van der Waals surface area (Å²) in [5, 5.41) is 6.63. The first-order valence-electron chi connectivity index (χ1n) is 7.46. The zero-order chi connectivity index (χ0) is 16.9. The zero-order valence-electron chi connectivity index (χ0n) is 12.8. The molecule has 1 heterocycles. The normalized spacial score (nSPS) is 10.5. The van der Waals surface area contributed by atoms with Crippen LogP contribution >= 0.6 is 11.6 Å². The number of aromatic nitrogens is 1. The van der Waals surface area contributed by atoms with Gasteiger partial charge in [-0.25, -0.2) is 0 Å². The van der Waals surface area contributed by atoms with Crippen molar-refractivity contribution in [2.45, 2.75) is 6.54 Å². The lowest BCUT2D eigenvalue weighted by Crippen LogP contribution is -2.22.